The van der Waals surface area contributed by atoms with E-state index in [1.54, 1.807) is 12.3 Å². The van der Waals surface area contributed by atoms with Crippen LogP contribution < -0.4 is 10.6 Å². The van der Waals surface area contributed by atoms with Crippen LogP contribution in [0.2, 0.25) is 5.02 Å². The van der Waals surface area contributed by atoms with E-state index in [0.29, 0.717) is 60.9 Å². The minimum atomic E-state index is -0.777. The summed E-state index contributed by atoms with van der Waals surface area (Å²) in [5.74, 6) is 0.755. The Hall–Kier alpha value is -3.78. The van der Waals surface area contributed by atoms with Crippen molar-refractivity contribution in [2.45, 2.75) is 62.8 Å². The number of hydrogen-bond donors (Lipinski definition) is 2. The Morgan fingerprint density at radius 3 is 2.67 bits per heavy atom. The lowest BCUT2D eigenvalue weighted by atomic mass is 9.80. The summed E-state index contributed by atoms with van der Waals surface area (Å²) in [6, 6.07) is 11.1. The largest absolute Gasteiger partial charge is 0.354 e. The summed E-state index contributed by atoms with van der Waals surface area (Å²) in [4.78, 5) is 50.2. The molecule has 2 spiro atoms. The Morgan fingerprint density at radius 2 is 1.90 bits per heavy atom. The predicted molar refractivity (Wildman–Crippen MR) is 154 cm³/mol. The van der Waals surface area contributed by atoms with Crippen molar-refractivity contribution < 1.29 is 14.4 Å². The normalized spacial score (nSPS) is 24.9. The molecule has 40 heavy (non-hydrogen) atoms. The van der Waals surface area contributed by atoms with Gasteiger partial charge in [0.15, 0.2) is 0 Å². The number of aliphatic imine (C=N–C) groups is 1. The maximum atomic E-state index is 13.5. The molecule has 8 nitrogen and oxygen atoms in total. The van der Waals surface area contributed by atoms with Crippen LogP contribution in [-0.4, -0.2) is 52.1 Å². The quantitative estimate of drug-likeness (QED) is 0.502. The second-order valence-corrected chi connectivity index (χ2v) is 11.4. The first kappa shape index (κ1) is 26.4. The molecule has 0 radical (unpaired) electrons. The maximum absolute atomic E-state index is 13.5. The lowest BCUT2D eigenvalue weighted by molar-refractivity contribution is -0.134. The molecule has 1 aromatic carbocycles. The zero-order chi connectivity index (χ0) is 27.9. The molecule has 2 N–H and O–H groups in total. The number of hydrogen-bond acceptors (Lipinski definition) is 5. The number of carbonyl (C=O) groups excluding carboxylic acids is 3. The van der Waals surface area contributed by atoms with Gasteiger partial charge in [-0.25, -0.2) is 4.98 Å². The second kappa shape index (κ2) is 10.3. The van der Waals surface area contributed by atoms with Gasteiger partial charge in [-0.15, -0.1) is 0 Å². The summed E-state index contributed by atoms with van der Waals surface area (Å²) in [6.07, 6.45) is 11.0. The Bertz CT molecular complexity index is 1490. The van der Waals surface area contributed by atoms with Gasteiger partial charge in [0.25, 0.3) is 5.91 Å². The van der Waals surface area contributed by atoms with E-state index in [9.17, 15) is 14.4 Å². The minimum absolute atomic E-state index is 0.0106. The van der Waals surface area contributed by atoms with E-state index in [-0.39, 0.29) is 24.3 Å². The molecule has 0 bridgehead atoms. The van der Waals surface area contributed by atoms with Crippen molar-refractivity contribution in [2.75, 3.05) is 18.4 Å². The smallest absolute Gasteiger partial charge is 0.256 e. The van der Waals surface area contributed by atoms with E-state index < -0.39 is 11.0 Å². The number of halogens is 1. The number of nitrogens with one attached hydrogen (secondary N) is 2. The van der Waals surface area contributed by atoms with Gasteiger partial charge in [-0.05, 0) is 68.4 Å². The average Bonchev–Trinajstić information content (AvgIpc) is 3.70. The molecule has 0 saturated heterocycles. The minimum Gasteiger partial charge on any atom is -0.354 e. The first-order valence-electron chi connectivity index (χ1n) is 13.9. The standard InChI is InChI=1S/C31H32ClN5O3/c1-2-20-17-30(23-11-8-16-34-26(23)35-28(30)39)18-21(20)9-7-15-33-25(38)19-37-27(22-10-3-4-12-24(22)32)36-31(29(37)40)13-5-6-14-31/h2-4,8-12,16H,5-7,13-15,17-19H2,1H3,(H,33,38)(H,34,35,39). The van der Waals surface area contributed by atoms with E-state index in [2.05, 4.69) is 27.8 Å². The van der Waals surface area contributed by atoms with Gasteiger partial charge >= 0.3 is 0 Å². The number of benzene rings is 1. The number of amides is 3. The summed E-state index contributed by atoms with van der Waals surface area (Å²) in [6.45, 7) is 2.31. The van der Waals surface area contributed by atoms with E-state index in [1.807, 2.05) is 37.3 Å². The molecule has 1 aromatic heterocycles. The number of pyridine rings is 1. The van der Waals surface area contributed by atoms with Crippen molar-refractivity contribution in [3.05, 3.63) is 82.0 Å². The SMILES string of the molecule is CC=C1CC2(CC1=CCCNC(=O)CN1C(=O)C3(CCCC3)N=C1c1ccccc1Cl)C(=O)Nc1ncccc12. The molecule has 6 rings (SSSR count). The van der Waals surface area contributed by atoms with Crippen LogP contribution in [-0.2, 0) is 19.8 Å². The first-order chi connectivity index (χ1) is 19.4. The maximum Gasteiger partial charge on any atom is 0.256 e. The molecular weight excluding hydrogens is 526 g/mol. The number of carbonyl (C=O) groups is 3. The lowest BCUT2D eigenvalue weighted by Crippen LogP contribution is -2.46. The van der Waals surface area contributed by atoms with Crippen LogP contribution in [0.25, 0.3) is 0 Å². The van der Waals surface area contributed by atoms with Gasteiger partial charge in [0.05, 0.1) is 10.4 Å². The summed E-state index contributed by atoms with van der Waals surface area (Å²) >= 11 is 6.46. The van der Waals surface area contributed by atoms with Gasteiger partial charge in [-0.1, -0.05) is 54.8 Å². The Balaban J connectivity index is 1.12. The highest BCUT2D eigenvalue weighted by atomic mass is 35.5. The van der Waals surface area contributed by atoms with Crippen LogP contribution in [0.5, 0.6) is 0 Å². The van der Waals surface area contributed by atoms with Gasteiger partial charge in [0.1, 0.15) is 23.7 Å². The molecule has 9 heteroatoms. The summed E-state index contributed by atoms with van der Waals surface area (Å²) < 4.78 is 0. The fraction of sp³-hybridized carbons (Fsp3) is 0.387. The number of allylic oxidation sites excluding steroid dienone is 3. The molecule has 3 heterocycles. The molecule has 1 unspecified atom stereocenters. The van der Waals surface area contributed by atoms with Gasteiger partial charge in [-0.2, -0.15) is 0 Å². The van der Waals surface area contributed by atoms with Crippen LogP contribution in [0.4, 0.5) is 5.82 Å². The Morgan fingerprint density at radius 1 is 1.12 bits per heavy atom. The fourth-order valence-corrected chi connectivity index (χ4v) is 6.84. The molecule has 2 aliphatic heterocycles. The van der Waals surface area contributed by atoms with Crippen molar-refractivity contribution in [2.24, 2.45) is 4.99 Å². The van der Waals surface area contributed by atoms with Crippen molar-refractivity contribution in [3.8, 4) is 0 Å². The van der Waals surface area contributed by atoms with Crippen LogP contribution in [0.3, 0.4) is 0 Å². The highest BCUT2D eigenvalue weighted by molar-refractivity contribution is 6.35. The summed E-state index contributed by atoms with van der Waals surface area (Å²) in [5, 5.41) is 6.41. The van der Waals surface area contributed by atoms with E-state index in [0.717, 1.165) is 29.6 Å². The van der Waals surface area contributed by atoms with E-state index in [1.165, 1.54) is 4.90 Å². The van der Waals surface area contributed by atoms with Crippen LogP contribution in [0.15, 0.2) is 70.9 Å². The van der Waals surface area contributed by atoms with Crippen molar-refractivity contribution >= 4 is 41.0 Å². The molecule has 206 valence electrons. The van der Waals surface area contributed by atoms with Crippen molar-refractivity contribution in [3.63, 3.8) is 0 Å². The number of rotatable bonds is 6. The summed E-state index contributed by atoms with van der Waals surface area (Å²) in [7, 11) is 0. The van der Waals surface area contributed by atoms with Gasteiger partial charge in [-0.3, -0.25) is 24.3 Å². The topological polar surface area (TPSA) is 104 Å². The summed E-state index contributed by atoms with van der Waals surface area (Å²) in [5.41, 5.74) is 2.48. The number of nitrogens with zero attached hydrogens (tertiary/aromatic N) is 3. The zero-order valence-corrected chi connectivity index (χ0v) is 23.3. The molecule has 2 fully saturated rings. The van der Waals surface area contributed by atoms with Gasteiger partial charge < -0.3 is 10.6 Å². The van der Waals surface area contributed by atoms with Crippen LogP contribution >= 0.6 is 11.6 Å². The molecule has 4 aliphatic rings. The predicted octanol–water partition coefficient (Wildman–Crippen LogP) is 4.70. The molecule has 2 saturated carbocycles. The van der Waals surface area contributed by atoms with Crippen molar-refractivity contribution in [1.82, 2.24) is 15.2 Å². The van der Waals surface area contributed by atoms with Crippen molar-refractivity contribution in [1.29, 1.82) is 0 Å². The number of anilines is 1. The number of aromatic nitrogens is 1. The third kappa shape index (κ3) is 4.35. The van der Waals surface area contributed by atoms with E-state index in [4.69, 9.17) is 16.6 Å². The van der Waals surface area contributed by atoms with Gasteiger partial charge in [0, 0.05) is 23.9 Å². The zero-order valence-electron chi connectivity index (χ0n) is 22.5. The molecule has 3 amide bonds. The van der Waals surface area contributed by atoms with E-state index >= 15 is 0 Å². The highest BCUT2D eigenvalue weighted by Gasteiger charge is 2.52. The Labute approximate surface area is 238 Å². The van der Waals surface area contributed by atoms with Gasteiger partial charge in [0.2, 0.25) is 11.8 Å². The average molecular weight is 558 g/mol. The second-order valence-electron chi connectivity index (χ2n) is 11.0. The fourth-order valence-electron chi connectivity index (χ4n) is 6.62. The van der Waals surface area contributed by atoms with Crippen LogP contribution in [0.1, 0.15) is 63.0 Å². The highest BCUT2D eigenvalue weighted by Crippen LogP contribution is 2.52. The lowest BCUT2D eigenvalue weighted by Gasteiger charge is -2.22. The number of fused-ring (bicyclic) bond motifs is 2. The third-order valence-electron chi connectivity index (χ3n) is 8.66. The third-order valence-corrected chi connectivity index (χ3v) is 8.99. The molecule has 2 aliphatic carbocycles. The number of amidine groups is 1. The van der Waals surface area contributed by atoms with Crippen LogP contribution in [0, 0.1) is 0 Å². The molecule has 2 aromatic rings. The Kier molecular flexibility index (Phi) is 6.82. The molecular formula is C31H32ClN5O3. The monoisotopic (exact) mass is 557 g/mol. The first-order valence-corrected chi connectivity index (χ1v) is 14.3. The molecule has 1 atom stereocenters.